The summed E-state index contributed by atoms with van der Waals surface area (Å²) in [4.78, 5) is 25.9. The molecule has 5 saturated carbocycles. The number of aliphatic carboxylic acids is 1. The first-order valence-corrected chi connectivity index (χ1v) is 21.3. The summed E-state index contributed by atoms with van der Waals surface area (Å²) in [7, 11) is 0. The quantitative estimate of drug-likeness (QED) is 0.102. The fourth-order valence-corrected chi connectivity index (χ4v) is 14.0. The van der Waals surface area contributed by atoms with Crippen LogP contribution in [0.3, 0.4) is 0 Å². The van der Waals surface area contributed by atoms with Gasteiger partial charge in [0.05, 0.1) is 24.2 Å². The van der Waals surface area contributed by atoms with Gasteiger partial charge in [0, 0.05) is 17.9 Å². The summed E-state index contributed by atoms with van der Waals surface area (Å²) in [6, 6.07) is 0. The van der Waals surface area contributed by atoms with E-state index in [1.54, 1.807) is 0 Å². The van der Waals surface area contributed by atoms with Gasteiger partial charge in [-0.2, -0.15) is 0 Å². The molecule has 0 aromatic heterocycles. The number of carboxylic acid groups (broad SMARTS) is 1. The first-order chi connectivity index (χ1) is 26.5. The minimum absolute atomic E-state index is 0.0119. The molecule has 14 heteroatoms. The second-order valence-electron chi connectivity index (χ2n) is 20.9. The van der Waals surface area contributed by atoms with Crippen molar-refractivity contribution < 1.29 is 69.8 Å². The van der Waals surface area contributed by atoms with Crippen molar-refractivity contribution in [1.82, 2.24) is 0 Å². The number of aliphatic hydroxyl groups is 8. The monoisotopic (exact) mass is 808 g/mol. The molecule has 9 N–H and O–H groups in total. The van der Waals surface area contributed by atoms with Gasteiger partial charge < -0.3 is 60.2 Å². The van der Waals surface area contributed by atoms with Crippen LogP contribution in [0.15, 0.2) is 11.6 Å². The number of hydrogen-bond donors (Lipinski definition) is 9. The predicted molar refractivity (Wildman–Crippen MR) is 203 cm³/mol. The van der Waals surface area contributed by atoms with Gasteiger partial charge in [0.1, 0.15) is 36.6 Å². The van der Waals surface area contributed by atoms with Crippen molar-refractivity contribution in [1.29, 1.82) is 0 Å². The van der Waals surface area contributed by atoms with E-state index < -0.39 is 96.5 Å². The van der Waals surface area contributed by atoms with Crippen LogP contribution in [0.4, 0.5) is 0 Å². The van der Waals surface area contributed by atoms with Crippen molar-refractivity contribution in [3.05, 3.63) is 11.6 Å². The number of rotatable bonds is 7. The van der Waals surface area contributed by atoms with Crippen molar-refractivity contribution >= 4 is 11.9 Å². The van der Waals surface area contributed by atoms with E-state index in [1.165, 1.54) is 5.57 Å². The Hall–Kier alpha value is -1.72. The summed E-state index contributed by atoms with van der Waals surface area (Å²) in [5, 5.41) is 93.6. The Morgan fingerprint density at radius 3 is 2.11 bits per heavy atom. The normalized spacial score (nSPS) is 54.9. The lowest BCUT2D eigenvalue weighted by Crippen LogP contribution is -2.67. The van der Waals surface area contributed by atoms with E-state index in [-0.39, 0.29) is 52.4 Å². The van der Waals surface area contributed by atoms with E-state index in [2.05, 4.69) is 33.8 Å². The van der Waals surface area contributed by atoms with E-state index >= 15 is 0 Å². The standard InChI is InChI=1S/C43H68O14/c1-38-13-14-39(2,37(54)55-24-17-21(19-44)28(46)30(48)29(24)47)18-23(38)22-7-8-26-40(3)11-10-27(56-36-33(51)31(49)32(50)34(57-36)35(52)53)41(4,20-45)25(40)9-12-43(26,6)42(22,5)16-15-38/h7,21,23-34,36,44-51H,8-20H2,1-6H3,(H,52,53)/t21-,23+,24-,25-,26-,27+,28-,29+,30+,31+,32+,33-,34+,36-,38-,39-,40+,41-,42-,43-/m1/s1. The average Bonchev–Trinajstić information content (AvgIpc) is 3.16. The molecule has 0 radical (unpaired) electrons. The molecule has 1 heterocycles. The number of allylic oxidation sites excluding steroid dienone is 2. The van der Waals surface area contributed by atoms with Gasteiger partial charge in [-0.25, -0.2) is 4.79 Å². The zero-order valence-corrected chi connectivity index (χ0v) is 34.4. The maximum atomic E-state index is 14.1. The Morgan fingerprint density at radius 1 is 0.789 bits per heavy atom. The molecule has 57 heavy (non-hydrogen) atoms. The van der Waals surface area contributed by atoms with Gasteiger partial charge >= 0.3 is 11.9 Å². The molecule has 0 spiro atoms. The number of fused-ring (bicyclic) bond motifs is 7. The third kappa shape index (κ3) is 6.40. The Kier molecular flexibility index (Phi) is 11.2. The van der Waals surface area contributed by atoms with E-state index in [9.17, 15) is 55.5 Å². The fourth-order valence-electron chi connectivity index (χ4n) is 14.0. The van der Waals surface area contributed by atoms with Crippen LogP contribution in [-0.4, -0.2) is 132 Å². The summed E-state index contributed by atoms with van der Waals surface area (Å²) in [6.45, 7) is 12.9. The largest absolute Gasteiger partial charge is 0.479 e. The fraction of sp³-hybridized carbons (Fsp3) is 0.907. The Labute approximate surface area is 335 Å². The van der Waals surface area contributed by atoms with Crippen LogP contribution < -0.4 is 0 Å². The number of hydrogen-bond acceptors (Lipinski definition) is 13. The molecule has 1 aliphatic heterocycles. The van der Waals surface area contributed by atoms with E-state index in [1.807, 2.05) is 13.8 Å². The molecule has 324 valence electrons. The highest BCUT2D eigenvalue weighted by Gasteiger charge is 2.69. The van der Waals surface area contributed by atoms with Gasteiger partial charge in [0.15, 0.2) is 12.4 Å². The lowest BCUT2D eigenvalue weighted by atomic mass is 9.33. The SMILES string of the molecule is C[C@@]1(C(=O)O[C@@H]2C[C@H](CO)[C@@H](O)[C@H](O)[C@H]2O)CC[C@]2(C)CC[C@]3(C)C(=CC[C@@H]4[C@@]5(C)CC[C@H](O[C@@H]6O[C@H](C(=O)O)[C@@H](O)[C@H](O)[C@H]6O)[C@](C)(CO)[C@@H]5CC[C@]43C)[C@@H]2C1. The van der Waals surface area contributed by atoms with Crippen molar-refractivity contribution in [2.24, 2.45) is 56.2 Å². The van der Waals surface area contributed by atoms with Crippen molar-refractivity contribution in [2.45, 2.75) is 173 Å². The number of carbonyl (C=O) groups excluding carboxylic acids is 1. The number of ether oxygens (including phenoxy) is 3. The van der Waals surface area contributed by atoms with E-state index in [0.717, 1.165) is 44.9 Å². The molecule has 0 unspecified atom stereocenters. The average molecular weight is 809 g/mol. The molecule has 20 atom stereocenters. The molecule has 0 aromatic rings. The van der Waals surface area contributed by atoms with Crippen LogP contribution in [0.25, 0.3) is 0 Å². The number of carbonyl (C=O) groups is 2. The minimum Gasteiger partial charge on any atom is -0.479 e. The first kappa shape index (κ1) is 43.4. The second-order valence-corrected chi connectivity index (χ2v) is 20.9. The molecule has 0 bridgehead atoms. The van der Waals surface area contributed by atoms with Crippen molar-refractivity contribution in [2.75, 3.05) is 13.2 Å². The van der Waals surface area contributed by atoms with Gasteiger partial charge in [0.2, 0.25) is 0 Å². The summed E-state index contributed by atoms with van der Waals surface area (Å²) in [5.74, 6) is -2.23. The van der Waals surface area contributed by atoms with Gasteiger partial charge in [-0.1, -0.05) is 46.3 Å². The number of esters is 1. The van der Waals surface area contributed by atoms with Crippen LogP contribution in [0.5, 0.6) is 0 Å². The number of aliphatic hydroxyl groups excluding tert-OH is 8. The van der Waals surface area contributed by atoms with Crippen molar-refractivity contribution in [3.63, 3.8) is 0 Å². The zero-order valence-electron chi connectivity index (χ0n) is 34.4. The summed E-state index contributed by atoms with van der Waals surface area (Å²) in [5.41, 5.74) is -0.712. The summed E-state index contributed by atoms with van der Waals surface area (Å²) in [6.07, 6.45) is -4.11. The summed E-state index contributed by atoms with van der Waals surface area (Å²) >= 11 is 0. The molecule has 6 aliphatic carbocycles. The lowest BCUT2D eigenvalue weighted by Gasteiger charge is -2.71. The molecule has 0 amide bonds. The maximum Gasteiger partial charge on any atom is 0.335 e. The smallest absolute Gasteiger partial charge is 0.335 e. The molecular weight excluding hydrogens is 740 g/mol. The highest BCUT2D eigenvalue weighted by Crippen LogP contribution is 2.76. The molecule has 14 nitrogen and oxygen atoms in total. The third-order valence-electron chi connectivity index (χ3n) is 18.1. The second kappa shape index (κ2) is 14.7. The van der Waals surface area contributed by atoms with Crippen LogP contribution in [0, 0.1) is 56.2 Å². The Balaban J connectivity index is 1.13. The topological polar surface area (TPSA) is 244 Å². The van der Waals surface area contributed by atoms with Gasteiger partial charge in [-0.3, -0.25) is 4.79 Å². The van der Waals surface area contributed by atoms with E-state index in [4.69, 9.17) is 14.2 Å². The van der Waals surface area contributed by atoms with Crippen LogP contribution in [0.1, 0.15) is 112 Å². The highest BCUT2D eigenvalue weighted by molar-refractivity contribution is 5.77. The zero-order chi connectivity index (χ0) is 41.8. The minimum atomic E-state index is -1.83. The Morgan fingerprint density at radius 2 is 1.46 bits per heavy atom. The maximum absolute atomic E-state index is 14.1. The third-order valence-corrected chi connectivity index (χ3v) is 18.1. The van der Waals surface area contributed by atoms with Crippen molar-refractivity contribution in [3.8, 4) is 0 Å². The van der Waals surface area contributed by atoms with Gasteiger partial charge in [0.25, 0.3) is 0 Å². The first-order valence-electron chi connectivity index (χ1n) is 21.3. The van der Waals surface area contributed by atoms with Gasteiger partial charge in [-0.15, -0.1) is 0 Å². The van der Waals surface area contributed by atoms with Crippen LogP contribution in [0.2, 0.25) is 0 Å². The molecule has 7 aliphatic rings. The molecule has 1 saturated heterocycles. The van der Waals surface area contributed by atoms with E-state index in [0.29, 0.717) is 19.3 Å². The molecule has 7 rings (SSSR count). The van der Waals surface area contributed by atoms with Crippen LogP contribution >= 0.6 is 0 Å². The van der Waals surface area contributed by atoms with Crippen LogP contribution in [-0.2, 0) is 23.8 Å². The number of carboxylic acids is 1. The highest BCUT2D eigenvalue weighted by atomic mass is 16.7. The molecular formula is C43H68O14. The summed E-state index contributed by atoms with van der Waals surface area (Å²) < 4.78 is 17.8. The Bertz CT molecular complexity index is 1590. The predicted octanol–water partition coefficient (Wildman–Crippen LogP) is 2.04. The lowest BCUT2D eigenvalue weighted by molar-refractivity contribution is -0.327. The molecule has 0 aromatic carbocycles. The molecule has 6 fully saturated rings. The van der Waals surface area contributed by atoms with Gasteiger partial charge in [-0.05, 0) is 117 Å².